The van der Waals surface area contributed by atoms with Crippen LogP contribution in [0.25, 0.3) is 11.1 Å². The first-order chi connectivity index (χ1) is 10.8. The lowest BCUT2D eigenvalue weighted by molar-refractivity contribution is -0.140. The van der Waals surface area contributed by atoms with Gasteiger partial charge in [0.15, 0.2) is 5.69 Å². The van der Waals surface area contributed by atoms with Crippen molar-refractivity contribution in [2.45, 2.75) is 25.7 Å². The highest BCUT2D eigenvalue weighted by atomic mass is 19.4. The van der Waals surface area contributed by atoms with Crippen LogP contribution in [0.15, 0.2) is 18.3 Å². The molecular formula is C16H17F4N3. The second-order valence-corrected chi connectivity index (χ2v) is 5.86. The molecule has 0 spiro atoms. The highest BCUT2D eigenvalue weighted by molar-refractivity contribution is 5.75. The van der Waals surface area contributed by atoms with Gasteiger partial charge in [0.1, 0.15) is 6.67 Å². The van der Waals surface area contributed by atoms with Crippen LogP contribution in [0.5, 0.6) is 0 Å². The maximum atomic E-state index is 13.5. The number of anilines is 1. The molecule has 0 saturated heterocycles. The minimum atomic E-state index is -4.57. The second kappa shape index (κ2) is 5.54. The second-order valence-electron chi connectivity index (χ2n) is 5.86. The van der Waals surface area contributed by atoms with Crippen molar-refractivity contribution in [2.24, 2.45) is 7.05 Å². The largest absolute Gasteiger partial charge is 0.435 e. The van der Waals surface area contributed by atoms with Crippen molar-refractivity contribution in [3.05, 3.63) is 35.2 Å². The third kappa shape index (κ3) is 2.80. The molecule has 23 heavy (non-hydrogen) atoms. The SMILES string of the molecule is CN1CCCc2cc(-c3cn(C)nc3C(F)(F)F)c(CF)cc21. The van der Waals surface area contributed by atoms with Crippen molar-refractivity contribution in [1.29, 1.82) is 0 Å². The fraction of sp³-hybridized carbons (Fsp3) is 0.438. The minimum absolute atomic E-state index is 0.0660. The Hall–Kier alpha value is -2.05. The number of benzene rings is 1. The van der Waals surface area contributed by atoms with Crippen LogP contribution < -0.4 is 4.90 Å². The Morgan fingerprint density at radius 2 is 1.91 bits per heavy atom. The smallest absolute Gasteiger partial charge is 0.374 e. The van der Waals surface area contributed by atoms with E-state index in [0.717, 1.165) is 35.3 Å². The summed E-state index contributed by atoms with van der Waals surface area (Å²) in [5.41, 5.74) is 1.34. The van der Waals surface area contributed by atoms with Gasteiger partial charge in [-0.3, -0.25) is 4.68 Å². The highest BCUT2D eigenvalue weighted by Crippen LogP contribution is 2.40. The molecule has 0 amide bonds. The number of aromatic nitrogens is 2. The molecule has 0 atom stereocenters. The van der Waals surface area contributed by atoms with E-state index in [2.05, 4.69) is 5.10 Å². The first kappa shape index (κ1) is 15.8. The van der Waals surface area contributed by atoms with E-state index in [-0.39, 0.29) is 16.7 Å². The van der Waals surface area contributed by atoms with Crippen LogP contribution in [0.1, 0.15) is 23.2 Å². The molecule has 2 aromatic rings. The van der Waals surface area contributed by atoms with Crippen molar-refractivity contribution in [1.82, 2.24) is 9.78 Å². The number of rotatable bonds is 2. The monoisotopic (exact) mass is 327 g/mol. The summed E-state index contributed by atoms with van der Waals surface area (Å²) in [6.45, 7) is 0.0431. The molecule has 0 N–H and O–H groups in total. The lowest BCUT2D eigenvalue weighted by Crippen LogP contribution is -2.25. The van der Waals surface area contributed by atoms with Gasteiger partial charge in [0.25, 0.3) is 0 Å². The zero-order valence-electron chi connectivity index (χ0n) is 12.9. The van der Waals surface area contributed by atoms with Crippen molar-refractivity contribution in [3.8, 4) is 11.1 Å². The van der Waals surface area contributed by atoms with Crippen LogP contribution in [0, 0.1) is 0 Å². The molecule has 1 aliphatic rings. The summed E-state index contributed by atoms with van der Waals surface area (Å²) in [5, 5.41) is 3.52. The van der Waals surface area contributed by atoms with Gasteiger partial charge >= 0.3 is 6.18 Å². The summed E-state index contributed by atoms with van der Waals surface area (Å²) in [6, 6.07) is 3.35. The molecule has 3 nitrogen and oxygen atoms in total. The molecule has 0 aliphatic carbocycles. The molecule has 0 bridgehead atoms. The van der Waals surface area contributed by atoms with Crippen LogP contribution in [0.4, 0.5) is 23.2 Å². The van der Waals surface area contributed by atoms with E-state index in [1.54, 1.807) is 12.1 Å². The van der Waals surface area contributed by atoms with Gasteiger partial charge in [-0.1, -0.05) is 0 Å². The lowest BCUT2D eigenvalue weighted by atomic mass is 9.92. The van der Waals surface area contributed by atoms with Gasteiger partial charge in [-0.25, -0.2) is 4.39 Å². The molecule has 1 aromatic heterocycles. The Balaban J connectivity index is 2.21. The van der Waals surface area contributed by atoms with Crippen LogP contribution in [-0.2, 0) is 26.3 Å². The van der Waals surface area contributed by atoms with Gasteiger partial charge in [-0.05, 0) is 41.7 Å². The minimum Gasteiger partial charge on any atom is -0.374 e. The number of aryl methyl sites for hydroxylation is 2. The molecule has 1 aliphatic heterocycles. The summed E-state index contributed by atoms with van der Waals surface area (Å²) >= 11 is 0. The molecule has 7 heteroatoms. The number of hydrogen-bond acceptors (Lipinski definition) is 2. The van der Waals surface area contributed by atoms with E-state index in [0.29, 0.717) is 0 Å². The van der Waals surface area contributed by atoms with Gasteiger partial charge in [0.05, 0.1) is 0 Å². The first-order valence-corrected chi connectivity index (χ1v) is 7.35. The number of hydrogen-bond donors (Lipinski definition) is 0. The van der Waals surface area contributed by atoms with Crippen molar-refractivity contribution >= 4 is 5.69 Å². The standard InChI is InChI=1S/C16H17F4N3/c1-22-5-3-4-10-6-12(11(8-17)7-14(10)22)13-9-23(2)21-15(13)16(18,19)20/h6-7,9H,3-5,8H2,1-2H3. The quantitative estimate of drug-likeness (QED) is 0.779. The molecule has 124 valence electrons. The van der Waals surface area contributed by atoms with Crippen molar-refractivity contribution < 1.29 is 17.6 Å². The molecule has 0 fully saturated rings. The average Bonchev–Trinajstić information content (AvgIpc) is 2.88. The molecule has 3 rings (SSSR count). The fourth-order valence-corrected chi connectivity index (χ4v) is 3.12. The number of alkyl halides is 4. The normalized spacial score (nSPS) is 15.0. The van der Waals surface area contributed by atoms with Crippen molar-refractivity contribution in [2.75, 3.05) is 18.5 Å². The average molecular weight is 327 g/mol. The maximum absolute atomic E-state index is 13.5. The van der Waals surface area contributed by atoms with E-state index < -0.39 is 18.5 Å². The predicted octanol–water partition coefficient (Wildman–Crippen LogP) is 3.96. The van der Waals surface area contributed by atoms with Crippen LogP contribution in [0.2, 0.25) is 0 Å². The van der Waals surface area contributed by atoms with Crippen LogP contribution >= 0.6 is 0 Å². The summed E-state index contributed by atoms with van der Waals surface area (Å²) < 4.78 is 54.2. The lowest BCUT2D eigenvalue weighted by Gasteiger charge is -2.29. The Morgan fingerprint density at radius 1 is 1.17 bits per heavy atom. The van der Waals surface area contributed by atoms with Gasteiger partial charge in [-0.2, -0.15) is 18.3 Å². The highest BCUT2D eigenvalue weighted by Gasteiger charge is 2.38. The van der Waals surface area contributed by atoms with E-state index in [9.17, 15) is 17.6 Å². The summed E-state index contributed by atoms with van der Waals surface area (Å²) in [4.78, 5) is 2.01. The van der Waals surface area contributed by atoms with Crippen molar-refractivity contribution in [3.63, 3.8) is 0 Å². The van der Waals surface area contributed by atoms with E-state index >= 15 is 0 Å². The Kier molecular flexibility index (Phi) is 3.82. The topological polar surface area (TPSA) is 21.1 Å². The van der Waals surface area contributed by atoms with Gasteiger partial charge < -0.3 is 4.90 Å². The van der Waals surface area contributed by atoms with Gasteiger partial charge in [-0.15, -0.1) is 0 Å². The number of fused-ring (bicyclic) bond motifs is 1. The zero-order valence-corrected chi connectivity index (χ0v) is 12.9. The molecule has 2 heterocycles. The summed E-state index contributed by atoms with van der Waals surface area (Å²) in [5.74, 6) is 0. The first-order valence-electron chi connectivity index (χ1n) is 7.35. The molecule has 0 unspecified atom stereocenters. The summed E-state index contributed by atoms with van der Waals surface area (Å²) in [7, 11) is 3.34. The molecule has 0 radical (unpaired) electrons. The molecular weight excluding hydrogens is 310 g/mol. The Bertz CT molecular complexity index is 734. The summed E-state index contributed by atoms with van der Waals surface area (Å²) in [6.07, 6.45) is -1.56. The fourth-order valence-electron chi connectivity index (χ4n) is 3.12. The van der Waals surface area contributed by atoms with E-state index in [1.807, 2.05) is 11.9 Å². The molecule has 1 aromatic carbocycles. The number of nitrogens with zero attached hydrogens (tertiary/aromatic N) is 3. The zero-order chi connectivity index (χ0) is 16.8. The third-order valence-corrected chi connectivity index (χ3v) is 4.19. The van der Waals surface area contributed by atoms with Crippen LogP contribution in [-0.4, -0.2) is 23.4 Å². The maximum Gasteiger partial charge on any atom is 0.435 e. The Labute approximate surface area is 131 Å². The molecule has 0 saturated carbocycles. The van der Waals surface area contributed by atoms with Gasteiger partial charge in [0, 0.05) is 38.1 Å². The van der Waals surface area contributed by atoms with Crippen LogP contribution in [0.3, 0.4) is 0 Å². The van der Waals surface area contributed by atoms with Gasteiger partial charge in [0.2, 0.25) is 0 Å². The predicted molar refractivity (Wildman–Crippen MR) is 80.0 cm³/mol. The number of halogens is 4. The Morgan fingerprint density at radius 3 is 2.57 bits per heavy atom. The van der Waals surface area contributed by atoms with E-state index in [1.165, 1.54) is 13.2 Å². The van der Waals surface area contributed by atoms with E-state index in [4.69, 9.17) is 0 Å². The third-order valence-electron chi connectivity index (χ3n) is 4.19.